The number of nitrogens with zero attached hydrogens (tertiary/aromatic N) is 3. The van der Waals surface area contributed by atoms with Gasteiger partial charge in [0.15, 0.2) is 17.3 Å². The van der Waals surface area contributed by atoms with E-state index in [-0.39, 0.29) is 17.1 Å². The Balaban J connectivity index is 2.59. The molecule has 16 heavy (non-hydrogen) atoms. The number of pyridine rings is 1. The Hall–Kier alpha value is -2.50. The Morgan fingerprint density at radius 2 is 1.81 bits per heavy atom. The highest BCUT2D eigenvalue weighted by molar-refractivity contribution is 5.92. The molecule has 0 bridgehead atoms. The third-order valence-corrected chi connectivity index (χ3v) is 1.93. The van der Waals surface area contributed by atoms with Gasteiger partial charge >= 0.3 is 5.97 Å². The minimum Gasteiger partial charge on any atom is -0.505 e. The molecule has 0 amide bonds. The summed E-state index contributed by atoms with van der Waals surface area (Å²) < 4.78 is 0. The van der Waals surface area contributed by atoms with E-state index >= 15 is 0 Å². The molecule has 0 radical (unpaired) electrons. The van der Waals surface area contributed by atoms with Gasteiger partial charge in [0.1, 0.15) is 5.56 Å². The number of hydrogen-bond donors (Lipinski definition) is 2. The van der Waals surface area contributed by atoms with Crippen molar-refractivity contribution in [1.82, 2.24) is 15.0 Å². The van der Waals surface area contributed by atoms with Crippen LogP contribution in [-0.2, 0) is 0 Å². The van der Waals surface area contributed by atoms with Crippen LogP contribution in [0.4, 0.5) is 0 Å². The van der Waals surface area contributed by atoms with Gasteiger partial charge in [-0.15, -0.1) is 0 Å². The average molecular weight is 217 g/mol. The summed E-state index contributed by atoms with van der Waals surface area (Å²) in [4.78, 5) is 22.4. The SMILES string of the molecule is O=C(O)c1ccnc(-c2ncccn2)c1O. The molecule has 0 aliphatic rings. The van der Waals surface area contributed by atoms with E-state index in [1.807, 2.05) is 0 Å². The van der Waals surface area contributed by atoms with Crippen molar-refractivity contribution in [1.29, 1.82) is 0 Å². The van der Waals surface area contributed by atoms with E-state index in [0.29, 0.717) is 0 Å². The van der Waals surface area contributed by atoms with Crippen molar-refractivity contribution < 1.29 is 15.0 Å². The fraction of sp³-hybridized carbons (Fsp3) is 0. The number of carboxylic acid groups (broad SMARTS) is 1. The van der Waals surface area contributed by atoms with Gasteiger partial charge in [0.25, 0.3) is 0 Å². The molecular weight excluding hydrogens is 210 g/mol. The van der Waals surface area contributed by atoms with Crippen LogP contribution in [0.1, 0.15) is 10.4 Å². The van der Waals surface area contributed by atoms with Gasteiger partial charge in [0, 0.05) is 18.6 Å². The third-order valence-electron chi connectivity index (χ3n) is 1.93. The van der Waals surface area contributed by atoms with Crippen LogP contribution in [0, 0.1) is 0 Å². The minimum absolute atomic E-state index is 0.0560. The zero-order chi connectivity index (χ0) is 11.5. The summed E-state index contributed by atoms with van der Waals surface area (Å²) in [6, 6.07) is 2.83. The predicted octanol–water partition coefficient (Wildman–Crippen LogP) is 0.942. The maximum absolute atomic E-state index is 10.8. The maximum atomic E-state index is 10.8. The van der Waals surface area contributed by atoms with Gasteiger partial charge in [0.05, 0.1) is 0 Å². The Morgan fingerprint density at radius 1 is 1.12 bits per heavy atom. The molecule has 0 saturated heterocycles. The molecule has 0 fully saturated rings. The lowest BCUT2D eigenvalue weighted by Crippen LogP contribution is -2.00. The maximum Gasteiger partial charge on any atom is 0.339 e. The first-order valence-corrected chi connectivity index (χ1v) is 4.39. The second kappa shape index (κ2) is 3.93. The Kier molecular flexibility index (Phi) is 2.47. The lowest BCUT2D eigenvalue weighted by atomic mass is 10.2. The average Bonchev–Trinajstić information content (AvgIpc) is 2.30. The second-order valence-corrected chi connectivity index (χ2v) is 2.93. The standard InChI is InChI=1S/C10H7N3O3/c14-8-6(10(15)16)2-5-11-7(8)9-12-3-1-4-13-9/h1-5,14H,(H,15,16). The summed E-state index contributed by atoms with van der Waals surface area (Å²) in [5.41, 5.74) is -0.169. The van der Waals surface area contributed by atoms with Crippen LogP contribution in [-0.4, -0.2) is 31.1 Å². The number of aromatic nitrogens is 3. The number of carbonyl (C=O) groups is 1. The molecular formula is C10H7N3O3. The van der Waals surface area contributed by atoms with E-state index in [2.05, 4.69) is 15.0 Å². The molecule has 2 aromatic heterocycles. The van der Waals surface area contributed by atoms with E-state index in [1.54, 1.807) is 6.07 Å². The zero-order valence-electron chi connectivity index (χ0n) is 8.03. The summed E-state index contributed by atoms with van der Waals surface area (Å²) in [7, 11) is 0. The number of carboxylic acids is 1. The van der Waals surface area contributed by atoms with Crippen molar-refractivity contribution in [2.24, 2.45) is 0 Å². The van der Waals surface area contributed by atoms with Gasteiger partial charge in [-0.05, 0) is 12.1 Å². The third kappa shape index (κ3) is 1.68. The van der Waals surface area contributed by atoms with Crippen LogP contribution < -0.4 is 0 Å². The van der Waals surface area contributed by atoms with Crippen molar-refractivity contribution in [2.45, 2.75) is 0 Å². The van der Waals surface area contributed by atoms with E-state index < -0.39 is 11.7 Å². The fourth-order valence-electron chi connectivity index (χ4n) is 1.21. The normalized spacial score (nSPS) is 10.0. The van der Waals surface area contributed by atoms with Crippen LogP contribution in [0.15, 0.2) is 30.7 Å². The molecule has 0 atom stereocenters. The topological polar surface area (TPSA) is 96.2 Å². The zero-order valence-corrected chi connectivity index (χ0v) is 8.03. The molecule has 6 heteroatoms. The molecule has 2 aromatic rings. The van der Waals surface area contributed by atoms with E-state index in [4.69, 9.17) is 5.11 Å². The van der Waals surface area contributed by atoms with Crippen LogP contribution in [0.25, 0.3) is 11.5 Å². The molecule has 0 saturated carbocycles. The first kappa shape index (κ1) is 10.0. The fourth-order valence-corrected chi connectivity index (χ4v) is 1.21. The lowest BCUT2D eigenvalue weighted by molar-refractivity contribution is 0.0693. The van der Waals surface area contributed by atoms with Gasteiger partial charge in [0.2, 0.25) is 0 Å². The number of aromatic hydroxyl groups is 1. The quantitative estimate of drug-likeness (QED) is 0.777. The first-order valence-electron chi connectivity index (χ1n) is 4.39. The Bertz CT molecular complexity index is 528. The Labute approximate surface area is 90.3 Å². The van der Waals surface area contributed by atoms with Crippen molar-refractivity contribution in [3.05, 3.63) is 36.3 Å². The molecule has 0 aliphatic heterocycles. The van der Waals surface area contributed by atoms with Crippen molar-refractivity contribution in [3.63, 3.8) is 0 Å². The van der Waals surface area contributed by atoms with Gasteiger partial charge in [-0.1, -0.05) is 0 Å². The molecule has 80 valence electrons. The summed E-state index contributed by atoms with van der Waals surface area (Å²) >= 11 is 0. The lowest BCUT2D eigenvalue weighted by Gasteiger charge is -2.03. The number of hydrogen-bond acceptors (Lipinski definition) is 5. The molecule has 2 rings (SSSR count). The van der Waals surface area contributed by atoms with Gasteiger partial charge < -0.3 is 10.2 Å². The van der Waals surface area contributed by atoms with Crippen LogP contribution in [0.3, 0.4) is 0 Å². The molecule has 2 heterocycles. The van der Waals surface area contributed by atoms with Gasteiger partial charge in [-0.25, -0.2) is 19.7 Å². The van der Waals surface area contributed by atoms with E-state index in [9.17, 15) is 9.90 Å². The monoisotopic (exact) mass is 217 g/mol. The molecule has 0 unspecified atom stereocenters. The van der Waals surface area contributed by atoms with Crippen molar-refractivity contribution in [2.75, 3.05) is 0 Å². The number of aromatic carboxylic acids is 1. The van der Waals surface area contributed by atoms with Gasteiger partial charge in [-0.2, -0.15) is 0 Å². The Morgan fingerprint density at radius 3 is 2.44 bits per heavy atom. The number of rotatable bonds is 2. The highest BCUT2D eigenvalue weighted by Gasteiger charge is 2.16. The first-order chi connectivity index (χ1) is 7.70. The summed E-state index contributed by atoms with van der Waals surface area (Å²) in [5, 5.41) is 18.5. The molecule has 0 spiro atoms. The molecule has 0 aromatic carbocycles. The second-order valence-electron chi connectivity index (χ2n) is 2.93. The highest BCUT2D eigenvalue weighted by Crippen LogP contribution is 2.26. The van der Waals surface area contributed by atoms with E-state index in [1.165, 1.54) is 24.7 Å². The largest absolute Gasteiger partial charge is 0.505 e. The molecule has 0 aliphatic carbocycles. The smallest absolute Gasteiger partial charge is 0.339 e. The van der Waals surface area contributed by atoms with E-state index in [0.717, 1.165) is 0 Å². The van der Waals surface area contributed by atoms with Crippen molar-refractivity contribution >= 4 is 5.97 Å². The van der Waals surface area contributed by atoms with Crippen LogP contribution in [0.2, 0.25) is 0 Å². The van der Waals surface area contributed by atoms with Crippen LogP contribution in [0.5, 0.6) is 5.75 Å². The summed E-state index contributed by atoms with van der Waals surface area (Å²) in [6.45, 7) is 0. The summed E-state index contributed by atoms with van der Waals surface area (Å²) in [5.74, 6) is -1.47. The molecule has 2 N–H and O–H groups in total. The highest BCUT2D eigenvalue weighted by atomic mass is 16.4. The minimum atomic E-state index is -1.22. The predicted molar refractivity (Wildman–Crippen MR) is 53.9 cm³/mol. The molecule has 6 nitrogen and oxygen atoms in total. The van der Waals surface area contributed by atoms with Gasteiger partial charge in [-0.3, -0.25) is 0 Å². The van der Waals surface area contributed by atoms with Crippen molar-refractivity contribution in [3.8, 4) is 17.3 Å². The van der Waals surface area contributed by atoms with Crippen LogP contribution >= 0.6 is 0 Å². The summed E-state index contributed by atoms with van der Waals surface area (Å²) in [6.07, 6.45) is 4.25.